The van der Waals surface area contributed by atoms with Gasteiger partial charge in [-0.15, -0.1) is 0 Å². The second kappa shape index (κ2) is 8.04. The number of amides is 1. The smallest absolute Gasteiger partial charge is 0.222 e. The number of benzene rings is 1. The lowest BCUT2D eigenvalue weighted by molar-refractivity contribution is -0.126. The van der Waals surface area contributed by atoms with Gasteiger partial charge in [-0.05, 0) is 42.5 Å². The predicted octanol–water partition coefficient (Wildman–Crippen LogP) is 2.33. The van der Waals surface area contributed by atoms with Crippen LogP contribution in [-0.4, -0.2) is 65.6 Å². The van der Waals surface area contributed by atoms with Crippen LogP contribution < -0.4 is 4.74 Å². The van der Waals surface area contributed by atoms with Crippen molar-refractivity contribution < 1.29 is 14.3 Å². The number of carbonyl (C=O) groups excluding carboxylic acids is 1. The molecule has 4 heterocycles. The van der Waals surface area contributed by atoms with Crippen LogP contribution in [0.25, 0.3) is 0 Å². The molecule has 1 spiro atoms. The number of hydrogen-bond acceptors (Lipinski definition) is 5. The minimum atomic E-state index is -0.169. The first-order valence-electron chi connectivity index (χ1n) is 10.9. The minimum Gasteiger partial charge on any atom is -0.493 e. The fourth-order valence-corrected chi connectivity index (χ4v) is 5.13. The third-order valence-electron chi connectivity index (χ3n) is 6.84. The number of likely N-dealkylation sites (tertiary alicyclic amines) is 2. The van der Waals surface area contributed by atoms with E-state index in [-0.39, 0.29) is 17.4 Å². The number of nitrogens with one attached hydrogen (secondary N) is 1. The van der Waals surface area contributed by atoms with Gasteiger partial charge in [-0.2, -0.15) is 0 Å². The zero-order valence-electron chi connectivity index (χ0n) is 17.6. The van der Waals surface area contributed by atoms with E-state index < -0.39 is 0 Å². The molecule has 0 aliphatic carbocycles. The SMILES string of the molecule is CN1CC(COc2ccc3c(c2)CCOC32CCN(Cc3cnc[nH]3)CC2)CC1=O. The van der Waals surface area contributed by atoms with Gasteiger partial charge in [0, 0.05) is 57.5 Å². The Morgan fingerprint density at radius 1 is 1.33 bits per heavy atom. The number of fused-ring (bicyclic) bond motifs is 2. The molecule has 7 heteroatoms. The van der Waals surface area contributed by atoms with E-state index in [2.05, 4.69) is 33.1 Å². The van der Waals surface area contributed by atoms with Gasteiger partial charge in [0.2, 0.25) is 5.91 Å². The highest BCUT2D eigenvalue weighted by molar-refractivity contribution is 5.78. The molecule has 3 aliphatic rings. The average molecular weight is 411 g/mol. The molecule has 0 saturated carbocycles. The fraction of sp³-hybridized carbons (Fsp3) is 0.565. The number of ether oxygens (including phenoxy) is 2. The predicted molar refractivity (Wildman–Crippen MR) is 112 cm³/mol. The summed E-state index contributed by atoms with van der Waals surface area (Å²) in [5, 5.41) is 0. The van der Waals surface area contributed by atoms with Crippen molar-refractivity contribution in [2.75, 3.05) is 39.9 Å². The van der Waals surface area contributed by atoms with Crippen LogP contribution in [0.3, 0.4) is 0 Å². The molecule has 1 N–H and O–H groups in total. The summed E-state index contributed by atoms with van der Waals surface area (Å²) in [6.07, 6.45) is 7.17. The highest BCUT2D eigenvalue weighted by atomic mass is 16.5. The molecule has 1 unspecified atom stereocenters. The first-order valence-corrected chi connectivity index (χ1v) is 10.9. The number of hydrogen-bond donors (Lipinski definition) is 1. The lowest BCUT2D eigenvalue weighted by atomic mass is 9.79. The third kappa shape index (κ3) is 3.84. The molecule has 5 rings (SSSR count). The van der Waals surface area contributed by atoms with E-state index >= 15 is 0 Å². The Morgan fingerprint density at radius 2 is 2.20 bits per heavy atom. The number of H-pyrrole nitrogens is 1. The van der Waals surface area contributed by atoms with Crippen LogP contribution in [-0.2, 0) is 28.1 Å². The quantitative estimate of drug-likeness (QED) is 0.819. The fourth-order valence-electron chi connectivity index (χ4n) is 5.13. The monoisotopic (exact) mass is 410 g/mol. The number of imidazole rings is 1. The number of carbonyl (C=O) groups is 1. The van der Waals surface area contributed by atoms with Gasteiger partial charge < -0.3 is 19.4 Å². The van der Waals surface area contributed by atoms with E-state index in [0.29, 0.717) is 13.0 Å². The standard InChI is InChI=1S/C23H30N4O3/c1-26-13-17(10-22(26)28)15-29-20-2-3-21-18(11-20)4-9-30-23(21)5-7-27(8-6-23)14-19-12-24-16-25-19/h2-3,11-12,16-17H,4-10,13-15H2,1H3,(H,24,25). The molecule has 3 aliphatic heterocycles. The zero-order chi connectivity index (χ0) is 20.6. The van der Waals surface area contributed by atoms with Crippen molar-refractivity contribution in [2.45, 2.75) is 37.8 Å². The second-order valence-corrected chi connectivity index (χ2v) is 8.92. The number of piperidine rings is 1. The maximum Gasteiger partial charge on any atom is 0.222 e. The van der Waals surface area contributed by atoms with Crippen LogP contribution in [0.4, 0.5) is 0 Å². The van der Waals surface area contributed by atoms with Gasteiger partial charge in [0.1, 0.15) is 5.75 Å². The number of nitrogens with zero attached hydrogens (tertiary/aromatic N) is 3. The summed E-state index contributed by atoms with van der Waals surface area (Å²) in [7, 11) is 1.86. The molecule has 0 bridgehead atoms. The van der Waals surface area contributed by atoms with Crippen LogP contribution in [0.2, 0.25) is 0 Å². The van der Waals surface area contributed by atoms with E-state index in [4.69, 9.17) is 9.47 Å². The Morgan fingerprint density at radius 3 is 2.93 bits per heavy atom. The molecule has 1 aromatic heterocycles. The van der Waals surface area contributed by atoms with E-state index in [9.17, 15) is 4.79 Å². The summed E-state index contributed by atoms with van der Waals surface area (Å²) < 4.78 is 12.5. The maximum absolute atomic E-state index is 11.7. The Bertz CT molecular complexity index is 890. The minimum absolute atomic E-state index is 0.169. The number of rotatable bonds is 5. The molecule has 7 nitrogen and oxygen atoms in total. The molecular weight excluding hydrogens is 380 g/mol. The topological polar surface area (TPSA) is 70.7 Å². The zero-order valence-corrected chi connectivity index (χ0v) is 17.6. The van der Waals surface area contributed by atoms with Gasteiger partial charge in [0.25, 0.3) is 0 Å². The molecule has 30 heavy (non-hydrogen) atoms. The Balaban J connectivity index is 1.23. The van der Waals surface area contributed by atoms with Crippen molar-refractivity contribution in [3.63, 3.8) is 0 Å². The summed E-state index contributed by atoms with van der Waals surface area (Å²) >= 11 is 0. The van der Waals surface area contributed by atoms with Crippen molar-refractivity contribution in [1.82, 2.24) is 19.8 Å². The molecule has 2 aromatic rings. The van der Waals surface area contributed by atoms with Crippen molar-refractivity contribution in [1.29, 1.82) is 0 Å². The van der Waals surface area contributed by atoms with Crippen LogP contribution in [0.15, 0.2) is 30.7 Å². The van der Waals surface area contributed by atoms with Gasteiger partial charge in [-0.25, -0.2) is 4.98 Å². The molecule has 160 valence electrons. The lowest BCUT2D eigenvalue weighted by Gasteiger charge is -2.45. The third-order valence-corrected chi connectivity index (χ3v) is 6.84. The summed E-state index contributed by atoms with van der Waals surface area (Å²) in [4.78, 5) is 23.3. The summed E-state index contributed by atoms with van der Waals surface area (Å²) in [6.45, 7) is 5.09. The molecule has 1 aromatic carbocycles. The van der Waals surface area contributed by atoms with E-state index in [1.807, 2.05) is 13.2 Å². The Labute approximate surface area is 177 Å². The van der Waals surface area contributed by atoms with Gasteiger partial charge in [0.05, 0.1) is 25.1 Å². The van der Waals surface area contributed by atoms with Crippen molar-refractivity contribution in [3.8, 4) is 5.75 Å². The van der Waals surface area contributed by atoms with E-state index in [0.717, 1.165) is 63.5 Å². The van der Waals surface area contributed by atoms with Gasteiger partial charge in [0.15, 0.2) is 0 Å². The van der Waals surface area contributed by atoms with Crippen LogP contribution in [0, 0.1) is 5.92 Å². The Kier molecular flexibility index (Phi) is 5.25. The Hall–Kier alpha value is -2.38. The summed E-state index contributed by atoms with van der Waals surface area (Å²) in [5.74, 6) is 1.41. The van der Waals surface area contributed by atoms with E-state index in [1.165, 1.54) is 11.1 Å². The van der Waals surface area contributed by atoms with Crippen LogP contribution in [0.1, 0.15) is 36.1 Å². The van der Waals surface area contributed by atoms with Gasteiger partial charge in [-0.1, -0.05) is 6.07 Å². The highest BCUT2D eigenvalue weighted by Gasteiger charge is 2.41. The first-order chi connectivity index (χ1) is 14.6. The van der Waals surface area contributed by atoms with Crippen molar-refractivity contribution in [3.05, 3.63) is 47.5 Å². The average Bonchev–Trinajstić information content (AvgIpc) is 3.38. The molecule has 2 saturated heterocycles. The van der Waals surface area contributed by atoms with Crippen LogP contribution in [0.5, 0.6) is 5.75 Å². The summed E-state index contributed by atoms with van der Waals surface area (Å²) in [6, 6.07) is 6.48. The second-order valence-electron chi connectivity index (χ2n) is 8.92. The first kappa shape index (κ1) is 19.6. The number of aromatic nitrogens is 2. The highest BCUT2D eigenvalue weighted by Crippen LogP contribution is 2.42. The molecule has 1 amide bonds. The molecule has 1 atom stereocenters. The molecular formula is C23H30N4O3. The summed E-state index contributed by atoms with van der Waals surface area (Å²) in [5.41, 5.74) is 3.67. The molecule has 2 fully saturated rings. The lowest BCUT2D eigenvalue weighted by Crippen LogP contribution is -2.46. The largest absolute Gasteiger partial charge is 0.493 e. The van der Waals surface area contributed by atoms with Crippen molar-refractivity contribution >= 4 is 5.91 Å². The van der Waals surface area contributed by atoms with Gasteiger partial charge >= 0.3 is 0 Å². The molecule has 0 radical (unpaired) electrons. The normalized spacial score (nSPS) is 23.7. The maximum atomic E-state index is 11.7. The van der Waals surface area contributed by atoms with Crippen LogP contribution >= 0.6 is 0 Å². The number of aromatic amines is 1. The van der Waals surface area contributed by atoms with Gasteiger partial charge in [-0.3, -0.25) is 9.69 Å². The van der Waals surface area contributed by atoms with E-state index in [1.54, 1.807) is 11.2 Å². The van der Waals surface area contributed by atoms with Crippen molar-refractivity contribution in [2.24, 2.45) is 5.92 Å².